The maximum absolute atomic E-state index is 11.2. The third kappa shape index (κ3) is 3.54. The molecule has 0 aliphatic rings. The predicted octanol–water partition coefficient (Wildman–Crippen LogP) is 3.28. The summed E-state index contributed by atoms with van der Waals surface area (Å²) < 4.78 is 0.667. The summed E-state index contributed by atoms with van der Waals surface area (Å²) in [5.41, 5.74) is 0.211. The molecule has 0 spiro atoms. The first kappa shape index (κ1) is 14.0. The van der Waals surface area contributed by atoms with Crippen molar-refractivity contribution in [2.75, 3.05) is 18.5 Å². The average molecular weight is 341 g/mol. The molecule has 0 aliphatic carbocycles. The summed E-state index contributed by atoms with van der Waals surface area (Å²) in [6, 6.07) is 5.67. The minimum atomic E-state index is -0.966. The minimum absolute atomic E-state index is 0.211. The molecular weight excluding hydrogens is 328 g/mol. The first-order valence-corrected chi connectivity index (χ1v) is 7.37. The molecular formula is C13H13BrN2O2S. The van der Waals surface area contributed by atoms with Crippen LogP contribution in [-0.4, -0.2) is 29.7 Å². The molecule has 2 rings (SSSR count). The Labute approximate surface area is 123 Å². The maximum atomic E-state index is 11.2. The number of carboxylic acid groups (broad SMARTS) is 1. The number of hydrogen-bond donors (Lipinski definition) is 1. The lowest BCUT2D eigenvalue weighted by atomic mass is 10.2. The van der Waals surface area contributed by atoms with Crippen LogP contribution in [0.4, 0.5) is 5.82 Å². The van der Waals surface area contributed by atoms with Crippen molar-refractivity contribution < 1.29 is 9.90 Å². The van der Waals surface area contributed by atoms with Crippen molar-refractivity contribution in [2.24, 2.45) is 0 Å². The summed E-state index contributed by atoms with van der Waals surface area (Å²) in [6.45, 7) is 0.732. The predicted molar refractivity (Wildman–Crippen MR) is 80.2 cm³/mol. The molecule has 0 radical (unpaired) electrons. The molecule has 19 heavy (non-hydrogen) atoms. The number of anilines is 1. The van der Waals surface area contributed by atoms with Gasteiger partial charge in [0.1, 0.15) is 11.4 Å². The molecule has 100 valence electrons. The molecule has 6 heteroatoms. The van der Waals surface area contributed by atoms with Crippen LogP contribution in [0.5, 0.6) is 0 Å². The topological polar surface area (TPSA) is 53.4 Å². The number of carbonyl (C=O) groups is 1. The Morgan fingerprint density at radius 1 is 1.58 bits per heavy atom. The van der Waals surface area contributed by atoms with Crippen LogP contribution in [0.25, 0.3) is 0 Å². The molecule has 4 nitrogen and oxygen atoms in total. The Morgan fingerprint density at radius 2 is 2.37 bits per heavy atom. The van der Waals surface area contributed by atoms with E-state index >= 15 is 0 Å². The van der Waals surface area contributed by atoms with Gasteiger partial charge in [-0.2, -0.15) is 0 Å². The number of carboxylic acids is 1. The SMILES string of the molecule is CN(CCc1cccs1)c1ncc(Br)cc1C(=O)O. The van der Waals surface area contributed by atoms with Gasteiger partial charge in [0, 0.05) is 29.1 Å². The largest absolute Gasteiger partial charge is 0.478 e. The van der Waals surface area contributed by atoms with Crippen molar-refractivity contribution in [2.45, 2.75) is 6.42 Å². The van der Waals surface area contributed by atoms with Gasteiger partial charge in [-0.3, -0.25) is 0 Å². The summed E-state index contributed by atoms with van der Waals surface area (Å²) >= 11 is 4.94. The quantitative estimate of drug-likeness (QED) is 0.907. The van der Waals surface area contributed by atoms with E-state index in [4.69, 9.17) is 0 Å². The second-order valence-corrected chi connectivity index (χ2v) is 6.03. The molecule has 0 atom stereocenters. The number of thiophene rings is 1. The van der Waals surface area contributed by atoms with E-state index in [2.05, 4.69) is 27.0 Å². The van der Waals surface area contributed by atoms with Gasteiger partial charge in [-0.15, -0.1) is 11.3 Å². The number of aromatic nitrogens is 1. The van der Waals surface area contributed by atoms with Gasteiger partial charge < -0.3 is 10.0 Å². The van der Waals surface area contributed by atoms with E-state index in [0.29, 0.717) is 10.3 Å². The van der Waals surface area contributed by atoms with Crippen molar-refractivity contribution in [3.05, 3.63) is 44.7 Å². The lowest BCUT2D eigenvalue weighted by Crippen LogP contribution is -2.23. The van der Waals surface area contributed by atoms with Crippen molar-refractivity contribution in [1.82, 2.24) is 4.98 Å². The van der Waals surface area contributed by atoms with Gasteiger partial charge in [0.25, 0.3) is 0 Å². The second-order valence-electron chi connectivity index (χ2n) is 4.08. The average Bonchev–Trinajstić information content (AvgIpc) is 2.88. The van der Waals surface area contributed by atoms with Gasteiger partial charge in [0.05, 0.1) is 0 Å². The molecule has 0 aromatic carbocycles. The smallest absolute Gasteiger partial charge is 0.339 e. The molecule has 2 aromatic rings. The van der Waals surface area contributed by atoms with Crippen molar-refractivity contribution in [3.8, 4) is 0 Å². The van der Waals surface area contributed by atoms with Gasteiger partial charge in [-0.1, -0.05) is 6.07 Å². The molecule has 0 unspecified atom stereocenters. The molecule has 0 saturated carbocycles. The maximum Gasteiger partial charge on any atom is 0.339 e. The lowest BCUT2D eigenvalue weighted by Gasteiger charge is -2.19. The third-order valence-electron chi connectivity index (χ3n) is 2.70. The molecule has 2 aromatic heterocycles. The second kappa shape index (κ2) is 6.16. The van der Waals surface area contributed by atoms with Crippen LogP contribution in [0.3, 0.4) is 0 Å². The fourth-order valence-corrected chi connectivity index (χ4v) is 2.76. The first-order chi connectivity index (χ1) is 9.08. The number of halogens is 1. The lowest BCUT2D eigenvalue weighted by molar-refractivity contribution is 0.0697. The van der Waals surface area contributed by atoms with Crippen LogP contribution in [0.2, 0.25) is 0 Å². The number of aromatic carboxylic acids is 1. The fraction of sp³-hybridized carbons (Fsp3) is 0.231. The Hall–Kier alpha value is -1.40. The van der Waals surface area contributed by atoms with E-state index in [1.54, 1.807) is 23.6 Å². The summed E-state index contributed by atoms with van der Waals surface area (Å²) in [4.78, 5) is 18.6. The summed E-state index contributed by atoms with van der Waals surface area (Å²) in [6.07, 6.45) is 2.49. The Morgan fingerprint density at radius 3 is 3.00 bits per heavy atom. The highest BCUT2D eigenvalue weighted by molar-refractivity contribution is 9.10. The van der Waals surface area contributed by atoms with Gasteiger partial charge in [0.2, 0.25) is 0 Å². The molecule has 2 heterocycles. The molecule has 1 N–H and O–H groups in total. The van der Waals surface area contributed by atoms with E-state index in [0.717, 1.165) is 13.0 Å². The van der Waals surface area contributed by atoms with E-state index in [1.165, 1.54) is 4.88 Å². The zero-order valence-electron chi connectivity index (χ0n) is 10.3. The van der Waals surface area contributed by atoms with E-state index in [-0.39, 0.29) is 5.56 Å². The van der Waals surface area contributed by atoms with Crippen LogP contribution in [0.1, 0.15) is 15.2 Å². The summed E-state index contributed by atoms with van der Waals surface area (Å²) in [7, 11) is 1.86. The molecule has 0 fully saturated rings. The van der Waals surface area contributed by atoms with Crippen LogP contribution in [-0.2, 0) is 6.42 Å². The summed E-state index contributed by atoms with van der Waals surface area (Å²) in [5, 5.41) is 11.2. The van der Waals surface area contributed by atoms with Crippen molar-refractivity contribution >= 4 is 39.1 Å². The van der Waals surface area contributed by atoms with Crippen LogP contribution in [0, 0.1) is 0 Å². The first-order valence-electron chi connectivity index (χ1n) is 5.70. The van der Waals surface area contributed by atoms with E-state index in [1.807, 2.05) is 23.4 Å². The minimum Gasteiger partial charge on any atom is -0.478 e. The van der Waals surface area contributed by atoms with Crippen LogP contribution in [0.15, 0.2) is 34.2 Å². The molecule has 0 saturated heterocycles. The molecule has 0 amide bonds. The van der Waals surface area contributed by atoms with Gasteiger partial charge in [0.15, 0.2) is 0 Å². The molecule has 0 bridgehead atoms. The Balaban J connectivity index is 2.14. The highest BCUT2D eigenvalue weighted by atomic mass is 79.9. The van der Waals surface area contributed by atoms with Gasteiger partial charge >= 0.3 is 5.97 Å². The number of likely N-dealkylation sites (N-methyl/N-ethyl adjacent to an activating group) is 1. The third-order valence-corrected chi connectivity index (χ3v) is 4.07. The zero-order valence-corrected chi connectivity index (χ0v) is 12.7. The van der Waals surface area contributed by atoms with Crippen molar-refractivity contribution in [1.29, 1.82) is 0 Å². The number of nitrogens with zero attached hydrogens (tertiary/aromatic N) is 2. The summed E-state index contributed by atoms with van der Waals surface area (Å²) in [5.74, 6) is -0.473. The fourth-order valence-electron chi connectivity index (χ4n) is 1.73. The molecule has 0 aliphatic heterocycles. The highest BCUT2D eigenvalue weighted by Crippen LogP contribution is 2.21. The van der Waals surface area contributed by atoms with Gasteiger partial charge in [-0.25, -0.2) is 9.78 Å². The van der Waals surface area contributed by atoms with Crippen molar-refractivity contribution in [3.63, 3.8) is 0 Å². The number of hydrogen-bond acceptors (Lipinski definition) is 4. The van der Waals surface area contributed by atoms with Crippen LogP contribution >= 0.6 is 27.3 Å². The normalized spacial score (nSPS) is 10.4. The standard InChI is InChI=1S/C13H13BrN2O2S/c1-16(5-4-10-3-2-6-19-10)12-11(13(17)18)7-9(14)8-15-12/h2-3,6-8H,4-5H2,1H3,(H,17,18). The number of rotatable bonds is 5. The monoisotopic (exact) mass is 340 g/mol. The van der Waals surface area contributed by atoms with E-state index < -0.39 is 5.97 Å². The highest BCUT2D eigenvalue weighted by Gasteiger charge is 2.15. The Kier molecular flexibility index (Phi) is 4.55. The number of pyridine rings is 1. The Bertz CT molecular complexity index is 572. The zero-order chi connectivity index (χ0) is 13.8. The van der Waals surface area contributed by atoms with E-state index in [9.17, 15) is 9.90 Å². The van der Waals surface area contributed by atoms with Gasteiger partial charge in [-0.05, 0) is 39.9 Å². The van der Waals surface area contributed by atoms with Crippen LogP contribution < -0.4 is 4.90 Å².